The van der Waals surface area contributed by atoms with E-state index in [9.17, 15) is 14.0 Å². The second kappa shape index (κ2) is 7.09. The summed E-state index contributed by atoms with van der Waals surface area (Å²) in [5.74, 6) is -1.75. The number of amides is 1. The van der Waals surface area contributed by atoms with Crippen LogP contribution >= 0.6 is 0 Å². The van der Waals surface area contributed by atoms with Crippen molar-refractivity contribution in [2.75, 3.05) is 13.1 Å². The summed E-state index contributed by atoms with van der Waals surface area (Å²) >= 11 is 0. The summed E-state index contributed by atoms with van der Waals surface area (Å²) in [6, 6.07) is 9.00. The lowest BCUT2D eigenvalue weighted by molar-refractivity contribution is -0.137. The number of hydrogen-bond acceptors (Lipinski definition) is 3. The van der Waals surface area contributed by atoms with E-state index < -0.39 is 24.2 Å². The average Bonchev–Trinajstić information content (AvgIpc) is 2.95. The Kier molecular flexibility index (Phi) is 5.16. The lowest BCUT2D eigenvalue weighted by Crippen LogP contribution is -2.38. The second-order valence-electron chi connectivity index (χ2n) is 5.62. The smallest absolute Gasteiger partial charge is 0.323 e. The van der Waals surface area contributed by atoms with Gasteiger partial charge in [-0.1, -0.05) is 26.0 Å². The van der Waals surface area contributed by atoms with Crippen LogP contribution in [0, 0.1) is 11.7 Å². The van der Waals surface area contributed by atoms with Gasteiger partial charge in [0.2, 0.25) is 0 Å². The quantitative estimate of drug-likeness (QED) is 0.887. The molecular weight excluding hydrogens is 301 g/mol. The highest BCUT2D eigenvalue weighted by molar-refractivity contribution is 5.94. The van der Waals surface area contributed by atoms with Crippen molar-refractivity contribution in [2.45, 2.75) is 13.8 Å². The molecule has 0 aliphatic rings. The third-order valence-corrected chi connectivity index (χ3v) is 3.15. The van der Waals surface area contributed by atoms with Gasteiger partial charge in [0.1, 0.15) is 18.1 Å². The Balaban J connectivity index is 2.25. The normalized spacial score (nSPS) is 10.8. The average molecular weight is 319 g/mol. The lowest BCUT2D eigenvalue weighted by Gasteiger charge is -2.21. The Bertz CT molecular complexity index is 708. The minimum Gasteiger partial charge on any atom is -0.480 e. The van der Waals surface area contributed by atoms with Crippen LogP contribution in [0.4, 0.5) is 4.39 Å². The Morgan fingerprint density at radius 1 is 1.22 bits per heavy atom. The summed E-state index contributed by atoms with van der Waals surface area (Å²) in [7, 11) is 0. The Morgan fingerprint density at radius 2 is 1.91 bits per heavy atom. The number of rotatable bonds is 6. The number of benzene rings is 1. The number of carboxylic acids is 1. The van der Waals surface area contributed by atoms with Crippen LogP contribution in [-0.2, 0) is 4.79 Å². The second-order valence-corrected chi connectivity index (χ2v) is 5.62. The molecule has 0 aliphatic heterocycles. The lowest BCUT2D eigenvalue weighted by atomic mass is 10.1. The van der Waals surface area contributed by atoms with Crippen molar-refractivity contribution < 1.29 is 23.5 Å². The van der Waals surface area contributed by atoms with Gasteiger partial charge in [-0.05, 0) is 30.2 Å². The van der Waals surface area contributed by atoms with Gasteiger partial charge in [0, 0.05) is 6.54 Å². The molecule has 6 heteroatoms. The van der Waals surface area contributed by atoms with E-state index in [1.54, 1.807) is 18.2 Å². The molecule has 0 fully saturated rings. The van der Waals surface area contributed by atoms with Crippen molar-refractivity contribution in [1.82, 2.24) is 4.90 Å². The van der Waals surface area contributed by atoms with E-state index in [4.69, 9.17) is 9.52 Å². The van der Waals surface area contributed by atoms with E-state index in [-0.39, 0.29) is 23.0 Å². The number of hydrogen-bond donors (Lipinski definition) is 1. The predicted octanol–water partition coefficient (Wildman–Crippen LogP) is 3.27. The van der Waals surface area contributed by atoms with Crippen molar-refractivity contribution in [3.8, 4) is 11.3 Å². The largest absolute Gasteiger partial charge is 0.480 e. The van der Waals surface area contributed by atoms with Crippen LogP contribution < -0.4 is 0 Å². The van der Waals surface area contributed by atoms with Crippen molar-refractivity contribution in [3.05, 3.63) is 48.0 Å². The van der Waals surface area contributed by atoms with E-state index in [0.29, 0.717) is 6.54 Å². The third kappa shape index (κ3) is 4.18. The first-order chi connectivity index (χ1) is 10.9. The van der Waals surface area contributed by atoms with Gasteiger partial charge in [-0.25, -0.2) is 4.39 Å². The summed E-state index contributed by atoms with van der Waals surface area (Å²) in [6.45, 7) is 3.65. The van der Waals surface area contributed by atoms with Gasteiger partial charge in [-0.2, -0.15) is 0 Å². The maximum absolute atomic E-state index is 13.8. The fraction of sp³-hybridized carbons (Fsp3) is 0.294. The van der Waals surface area contributed by atoms with Crippen molar-refractivity contribution in [1.29, 1.82) is 0 Å². The third-order valence-electron chi connectivity index (χ3n) is 3.15. The summed E-state index contributed by atoms with van der Waals surface area (Å²) in [4.78, 5) is 24.6. The summed E-state index contributed by atoms with van der Waals surface area (Å²) in [5.41, 5.74) is 0.250. The summed E-state index contributed by atoms with van der Waals surface area (Å²) in [5, 5.41) is 8.94. The molecule has 1 heterocycles. The van der Waals surface area contributed by atoms with E-state index in [1.807, 2.05) is 13.8 Å². The maximum atomic E-state index is 13.8. The fourth-order valence-corrected chi connectivity index (χ4v) is 2.24. The van der Waals surface area contributed by atoms with E-state index in [2.05, 4.69) is 0 Å². The Morgan fingerprint density at radius 3 is 2.52 bits per heavy atom. The van der Waals surface area contributed by atoms with Gasteiger partial charge in [0.15, 0.2) is 5.76 Å². The van der Waals surface area contributed by atoms with E-state index in [0.717, 1.165) is 0 Å². The molecule has 2 rings (SSSR count). The minimum absolute atomic E-state index is 0.00912. The molecule has 122 valence electrons. The first-order valence-corrected chi connectivity index (χ1v) is 7.24. The number of halogens is 1. The van der Waals surface area contributed by atoms with Crippen LogP contribution in [0.25, 0.3) is 11.3 Å². The van der Waals surface area contributed by atoms with Crippen LogP contribution in [0.5, 0.6) is 0 Å². The molecule has 0 atom stereocenters. The predicted molar refractivity (Wildman–Crippen MR) is 82.5 cm³/mol. The molecule has 0 bridgehead atoms. The maximum Gasteiger partial charge on any atom is 0.323 e. The molecule has 1 aromatic carbocycles. The fourth-order valence-electron chi connectivity index (χ4n) is 2.24. The molecular formula is C17H18FNO4. The van der Waals surface area contributed by atoms with Gasteiger partial charge in [-0.3, -0.25) is 9.59 Å². The monoisotopic (exact) mass is 319 g/mol. The molecule has 2 aromatic rings. The number of nitrogens with zero attached hydrogens (tertiary/aromatic N) is 1. The first kappa shape index (κ1) is 16.7. The number of furan rings is 1. The molecule has 1 aromatic heterocycles. The molecule has 0 spiro atoms. The van der Waals surface area contributed by atoms with Crippen LogP contribution in [0.3, 0.4) is 0 Å². The summed E-state index contributed by atoms with van der Waals surface area (Å²) < 4.78 is 19.2. The van der Waals surface area contributed by atoms with Crippen LogP contribution in [0.2, 0.25) is 0 Å². The highest BCUT2D eigenvalue weighted by Gasteiger charge is 2.23. The number of carbonyl (C=O) groups excluding carboxylic acids is 1. The van der Waals surface area contributed by atoms with E-state index >= 15 is 0 Å². The number of aliphatic carboxylic acids is 1. The topological polar surface area (TPSA) is 70.8 Å². The van der Waals surface area contributed by atoms with Gasteiger partial charge < -0.3 is 14.4 Å². The Labute approximate surface area is 133 Å². The van der Waals surface area contributed by atoms with Crippen LogP contribution in [-0.4, -0.2) is 35.0 Å². The van der Waals surface area contributed by atoms with Gasteiger partial charge in [-0.15, -0.1) is 0 Å². The number of carboxylic acid groups (broad SMARTS) is 1. The first-order valence-electron chi connectivity index (χ1n) is 7.24. The van der Waals surface area contributed by atoms with Crippen molar-refractivity contribution >= 4 is 11.9 Å². The molecule has 0 saturated heterocycles. The molecule has 0 aliphatic carbocycles. The molecule has 5 nitrogen and oxygen atoms in total. The molecule has 1 N–H and O–H groups in total. The molecule has 0 radical (unpaired) electrons. The van der Waals surface area contributed by atoms with E-state index in [1.165, 1.54) is 23.1 Å². The van der Waals surface area contributed by atoms with Gasteiger partial charge >= 0.3 is 5.97 Å². The zero-order chi connectivity index (χ0) is 17.0. The number of carbonyl (C=O) groups is 2. The molecule has 1 amide bonds. The highest BCUT2D eigenvalue weighted by Crippen LogP contribution is 2.25. The van der Waals surface area contributed by atoms with Crippen LogP contribution in [0.1, 0.15) is 24.4 Å². The summed E-state index contributed by atoms with van der Waals surface area (Å²) in [6.07, 6.45) is 0. The minimum atomic E-state index is -1.10. The van der Waals surface area contributed by atoms with Crippen molar-refractivity contribution in [3.63, 3.8) is 0 Å². The van der Waals surface area contributed by atoms with Gasteiger partial charge in [0.25, 0.3) is 5.91 Å². The standard InChI is InChI=1S/C17H18FNO4/c1-11(2)9-19(10-16(20)21)17(22)15-8-7-14(23-15)12-5-3-4-6-13(12)18/h3-8,11H,9-10H2,1-2H3,(H,20,21). The van der Waals surface area contributed by atoms with Crippen LogP contribution in [0.15, 0.2) is 40.8 Å². The Hall–Kier alpha value is -2.63. The van der Waals surface area contributed by atoms with Crippen molar-refractivity contribution in [2.24, 2.45) is 5.92 Å². The highest BCUT2D eigenvalue weighted by atomic mass is 19.1. The van der Waals surface area contributed by atoms with Gasteiger partial charge in [0.05, 0.1) is 5.56 Å². The zero-order valence-electron chi connectivity index (χ0n) is 13.0. The molecule has 0 saturated carbocycles. The molecule has 23 heavy (non-hydrogen) atoms. The zero-order valence-corrected chi connectivity index (χ0v) is 13.0. The SMILES string of the molecule is CC(C)CN(CC(=O)O)C(=O)c1ccc(-c2ccccc2F)o1. The molecule has 0 unspecified atom stereocenters.